The van der Waals surface area contributed by atoms with Gasteiger partial charge in [-0.2, -0.15) is 0 Å². The Morgan fingerprint density at radius 2 is 1.81 bits per heavy atom. The number of imidazole rings is 1. The molecule has 0 radical (unpaired) electrons. The monoisotopic (exact) mass is 381 g/mol. The van der Waals surface area contributed by atoms with E-state index < -0.39 is 0 Å². The molecule has 2 heterocycles. The molecule has 1 amide bonds. The van der Waals surface area contributed by atoms with Crippen LogP contribution in [0.4, 0.5) is 5.69 Å². The molecular formula is C20H13Cl2N3O. The minimum absolute atomic E-state index is 0.277. The molecular weight excluding hydrogens is 369 g/mol. The molecule has 0 atom stereocenters. The number of fused-ring (bicyclic) bond motifs is 1. The van der Waals surface area contributed by atoms with Crippen LogP contribution in [0, 0.1) is 0 Å². The number of carbonyl (C=O) groups is 1. The molecule has 0 unspecified atom stereocenters. The third kappa shape index (κ3) is 3.17. The molecule has 0 fully saturated rings. The largest absolute Gasteiger partial charge is 0.321 e. The zero-order chi connectivity index (χ0) is 18.1. The molecule has 4 nitrogen and oxygen atoms in total. The average Bonchev–Trinajstić information content (AvgIpc) is 3.09. The summed E-state index contributed by atoms with van der Waals surface area (Å²) in [6.07, 6.45) is 3.74. The number of hydrogen-bond donors (Lipinski definition) is 1. The van der Waals surface area contributed by atoms with Gasteiger partial charge in [-0.1, -0.05) is 59.6 Å². The van der Waals surface area contributed by atoms with Crippen molar-refractivity contribution >= 4 is 40.4 Å². The van der Waals surface area contributed by atoms with Crippen LogP contribution in [-0.2, 0) is 0 Å². The number of hydrogen-bond acceptors (Lipinski definition) is 2. The first-order valence-corrected chi connectivity index (χ1v) is 8.67. The van der Waals surface area contributed by atoms with Crippen LogP contribution in [-0.4, -0.2) is 15.3 Å². The maximum absolute atomic E-state index is 12.5. The van der Waals surface area contributed by atoms with Crippen LogP contribution in [0.25, 0.3) is 16.9 Å². The number of pyridine rings is 1. The number of halogens is 2. The van der Waals surface area contributed by atoms with Gasteiger partial charge in [0, 0.05) is 23.5 Å². The van der Waals surface area contributed by atoms with E-state index in [4.69, 9.17) is 23.2 Å². The van der Waals surface area contributed by atoms with E-state index in [9.17, 15) is 4.79 Å². The third-order valence-electron chi connectivity index (χ3n) is 3.99. The highest BCUT2D eigenvalue weighted by Crippen LogP contribution is 2.30. The van der Waals surface area contributed by atoms with E-state index in [0.717, 1.165) is 11.3 Å². The summed E-state index contributed by atoms with van der Waals surface area (Å²) in [7, 11) is 0. The van der Waals surface area contributed by atoms with E-state index in [1.165, 1.54) is 0 Å². The normalized spacial score (nSPS) is 10.8. The summed E-state index contributed by atoms with van der Waals surface area (Å²) in [6.45, 7) is 0. The van der Waals surface area contributed by atoms with Crippen molar-refractivity contribution in [1.29, 1.82) is 0 Å². The van der Waals surface area contributed by atoms with Crippen LogP contribution >= 0.6 is 23.2 Å². The van der Waals surface area contributed by atoms with Gasteiger partial charge in [0.25, 0.3) is 5.91 Å². The van der Waals surface area contributed by atoms with Crippen molar-refractivity contribution < 1.29 is 4.79 Å². The highest BCUT2D eigenvalue weighted by molar-refractivity contribution is 6.44. The fraction of sp³-hybridized carbons (Fsp3) is 0. The van der Waals surface area contributed by atoms with Crippen molar-refractivity contribution in [2.45, 2.75) is 0 Å². The lowest BCUT2D eigenvalue weighted by Gasteiger charge is -2.08. The maximum atomic E-state index is 12.5. The summed E-state index contributed by atoms with van der Waals surface area (Å²) >= 11 is 12.1. The lowest BCUT2D eigenvalue weighted by Crippen LogP contribution is -2.12. The minimum Gasteiger partial charge on any atom is -0.321 e. The van der Waals surface area contributed by atoms with E-state index in [0.29, 0.717) is 26.9 Å². The molecule has 2 aromatic carbocycles. The first kappa shape index (κ1) is 16.6. The number of carbonyl (C=O) groups excluding carboxylic acids is 1. The smallest absolute Gasteiger partial charge is 0.255 e. The average molecular weight is 382 g/mol. The van der Waals surface area contributed by atoms with E-state index in [1.54, 1.807) is 30.3 Å². The minimum atomic E-state index is -0.277. The highest BCUT2D eigenvalue weighted by atomic mass is 35.5. The Kier molecular flexibility index (Phi) is 4.37. The molecule has 6 heteroatoms. The Hall–Kier alpha value is -2.82. The molecule has 0 saturated carbocycles. The first-order valence-electron chi connectivity index (χ1n) is 7.91. The summed E-state index contributed by atoms with van der Waals surface area (Å²) in [5.41, 5.74) is 3.51. The van der Waals surface area contributed by atoms with Crippen molar-refractivity contribution in [2.75, 3.05) is 5.32 Å². The van der Waals surface area contributed by atoms with Gasteiger partial charge in [0.2, 0.25) is 0 Å². The Bertz CT molecular complexity index is 1110. The van der Waals surface area contributed by atoms with Crippen LogP contribution in [0.2, 0.25) is 10.0 Å². The highest BCUT2D eigenvalue weighted by Gasteiger charge is 2.12. The number of anilines is 1. The van der Waals surface area contributed by atoms with Crippen molar-refractivity contribution in [3.05, 3.63) is 88.7 Å². The number of nitrogens with zero attached hydrogens (tertiary/aromatic N) is 2. The Morgan fingerprint density at radius 1 is 1.00 bits per heavy atom. The van der Waals surface area contributed by atoms with Crippen molar-refractivity contribution in [3.8, 4) is 11.3 Å². The van der Waals surface area contributed by atoms with E-state index in [2.05, 4.69) is 10.3 Å². The zero-order valence-corrected chi connectivity index (χ0v) is 15.0. The predicted molar refractivity (Wildman–Crippen MR) is 105 cm³/mol. The molecule has 0 aliphatic carbocycles. The van der Waals surface area contributed by atoms with Gasteiger partial charge in [0.15, 0.2) is 0 Å². The van der Waals surface area contributed by atoms with Crippen LogP contribution in [0.15, 0.2) is 73.1 Å². The lowest BCUT2D eigenvalue weighted by molar-refractivity contribution is 0.102. The van der Waals surface area contributed by atoms with E-state index >= 15 is 0 Å². The molecule has 2 aromatic heterocycles. The van der Waals surface area contributed by atoms with Crippen LogP contribution in [0.5, 0.6) is 0 Å². The van der Waals surface area contributed by atoms with Crippen molar-refractivity contribution in [3.63, 3.8) is 0 Å². The number of nitrogens with one attached hydrogen (secondary N) is 1. The fourth-order valence-corrected chi connectivity index (χ4v) is 3.01. The standard InChI is InChI=1S/C20H13Cl2N3O/c21-15-7-4-8-16(19(15)22)24-20(26)14-9-10-25-12-17(23-18(25)11-14)13-5-2-1-3-6-13/h1-12H,(H,24,26). The molecule has 4 rings (SSSR count). The molecule has 0 aliphatic heterocycles. The molecule has 0 bridgehead atoms. The number of rotatable bonds is 3. The first-order chi connectivity index (χ1) is 12.6. The SMILES string of the molecule is O=C(Nc1cccc(Cl)c1Cl)c1ccn2cc(-c3ccccc3)nc2c1. The maximum Gasteiger partial charge on any atom is 0.255 e. The second-order valence-corrected chi connectivity index (χ2v) is 6.51. The quantitative estimate of drug-likeness (QED) is 0.504. The van der Waals surface area contributed by atoms with Crippen LogP contribution in [0.1, 0.15) is 10.4 Å². The lowest BCUT2D eigenvalue weighted by atomic mass is 10.2. The molecule has 0 spiro atoms. The molecule has 4 aromatic rings. The Morgan fingerprint density at radius 3 is 2.62 bits per heavy atom. The van der Waals surface area contributed by atoms with Crippen molar-refractivity contribution in [1.82, 2.24) is 9.38 Å². The summed E-state index contributed by atoms with van der Waals surface area (Å²) in [5, 5.41) is 3.48. The number of amides is 1. The third-order valence-corrected chi connectivity index (χ3v) is 4.81. The second-order valence-electron chi connectivity index (χ2n) is 5.73. The van der Waals surface area contributed by atoms with Gasteiger partial charge in [0.1, 0.15) is 5.65 Å². The molecule has 26 heavy (non-hydrogen) atoms. The Labute approximate surface area is 160 Å². The number of aromatic nitrogens is 2. The summed E-state index contributed by atoms with van der Waals surface area (Å²) in [5.74, 6) is -0.277. The van der Waals surface area contributed by atoms with Gasteiger partial charge in [-0.25, -0.2) is 4.98 Å². The van der Waals surface area contributed by atoms with Crippen LogP contribution in [0.3, 0.4) is 0 Å². The van der Waals surface area contributed by atoms with E-state index in [-0.39, 0.29) is 5.91 Å². The summed E-state index contributed by atoms with van der Waals surface area (Å²) < 4.78 is 1.88. The number of benzene rings is 2. The predicted octanol–water partition coefficient (Wildman–Crippen LogP) is 5.56. The fourth-order valence-electron chi connectivity index (χ4n) is 2.67. The summed E-state index contributed by atoms with van der Waals surface area (Å²) in [4.78, 5) is 17.1. The van der Waals surface area contributed by atoms with Gasteiger partial charge in [-0.3, -0.25) is 4.79 Å². The van der Waals surface area contributed by atoms with Gasteiger partial charge in [0.05, 0.1) is 21.4 Å². The second kappa shape index (κ2) is 6.83. The molecule has 1 N–H and O–H groups in total. The van der Waals surface area contributed by atoms with Gasteiger partial charge in [-0.05, 0) is 24.3 Å². The van der Waals surface area contributed by atoms with Crippen molar-refractivity contribution in [2.24, 2.45) is 0 Å². The molecule has 0 saturated heterocycles. The van der Waals surface area contributed by atoms with Gasteiger partial charge in [-0.15, -0.1) is 0 Å². The Balaban J connectivity index is 1.64. The molecule has 0 aliphatic rings. The zero-order valence-electron chi connectivity index (χ0n) is 13.5. The van der Waals surface area contributed by atoms with E-state index in [1.807, 2.05) is 47.1 Å². The van der Waals surface area contributed by atoms with Crippen LogP contribution < -0.4 is 5.32 Å². The summed E-state index contributed by atoms with van der Waals surface area (Å²) in [6, 6.07) is 18.5. The molecule has 128 valence electrons. The topological polar surface area (TPSA) is 46.4 Å². The van der Waals surface area contributed by atoms with Gasteiger partial charge >= 0.3 is 0 Å². The van der Waals surface area contributed by atoms with Gasteiger partial charge < -0.3 is 9.72 Å².